The van der Waals surface area contributed by atoms with Crippen LogP contribution >= 0.6 is 11.6 Å². The quantitative estimate of drug-likeness (QED) is 0.792. The van der Waals surface area contributed by atoms with Crippen molar-refractivity contribution in [2.24, 2.45) is 0 Å². The van der Waals surface area contributed by atoms with E-state index in [4.69, 9.17) is 16.0 Å². The molecule has 0 atom stereocenters. The summed E-state index contributed by atoms with van der Waals surface area (Å²) in [7, 11) is 0. The standard InChI is InChI=1S/C12H9ClFNO4/c1-5(16)15-12-10(18)9(17)11(19-12)7-3-2-6(14)4-8(7)13/h2-4,17-18H,1H3,(H,15,16). The van der Waals surface area contributed by atoms with Gasteiger partial charge in [0.2, 0.25) is 23.3 Å². The third-order valence-corrected chi connectivity index (χ3v) is 2.64. The molecule has 1 aromatic heterocycles. The molecule has 5 nitrogen and oxygen atoms in total. The summed E-state index contributed by atoms with van der Waals surface area (Å²) >= 11 is 5.82. The van der Waals surface area contributed by atoms with Gasteiger partial charge in [0.05, 0.1) is 5.02 Å². The molecule has 19 heavy (non-hydrogen) atoms. The number of hydrogen-bond acceptors (Lipinski definition) is 4. The number of furan rings is 1. The molecule has 1 heterocycles. The van der Waals surface area contributed by atoms with Gasteiger partial charge in [-0.3, -0.25) is 10.1 Å². The average molecular weight is 286 g/mol. The topological polar surface area (TPSA) is 82.7 Å². The normalized spacial score (nSPS) is 10.5. The average Bonchev–Trinajstić information content (AvgIpc) is 2.57. The van der Waals surface area contributed by atoms with Crippen LogP contribution in [0.15, 0.2) is 22.6 Å². The Kier molecular flexibility index (Phi) is 3.35. The van der Waals surface area contributed by atoms with Gasteiger partial charge in [-0.1, -0.05) is 11.6 Å². The number of halogens is 2. The van der Waals surface area contributed by atoms with Crippen molar-refractivity contribution < 1.29 is 23.8 Å². The van der Waals surface area contributed by atoms with Gasteiger partial charge in [-0.05, 0) is 18.2 Å². The fourth-order valence-corrected chi connectivity index (χ4v) is 1.77. The van der Waals surface area contributed by atoms with Gasteiger partial charge in [-0.15, -0.1) is 0 Å². The van der Waals surface area contributed by atoms with Crippen LogP contribution in [0.5, 0.6) is 11.5 Å². The molecule has 100 valence electrons. The summed E-state index contributed by atoms with van der Waals surface area (Å²) in [6, 6.07) is 3.44. The Labute approximate surface area is 112 Å². The Morgan fingerprint density at radius 2 is 2.05 bits per heavy atom. The van der Waals surface area contributed by atoms with Gasteiger partial charge in [0.15, 0.2) is 5.76 Å². The predicted molar refractivity (Wildman–Crippen MR) is 66.7 cm³/mol. The fraction of sp³-hybridized carbons (Fsp3) is 0.0833. The third kappa shape index (κ3) is 2.48. The second-order valence-corrected chi connectivity index (χ2v) is 4.17. The Bertz CT molecular complexity index is 653. The monoisotopic (exact) mass is 285 g/mol. The summed E-state index contributed by atoms with van der Waals surface area (Å²) in [5.74, 6) is -2.71. The number of rotatable bonds is 2. The van der Waals surface area contributed by atoms with Crippen molar-refractivity contribution >= 4 is 23.4 Å². The van der Waals surface area contributed by atoms with Crippen molar-refractivity contribution in [3.63, 3.8) is 0 Å². The zero-order valence-electron chi connectivity index (χ0n) is 9.70. The highest BCUT2D eigenvalue weighted by Gasteiger charge is 2.23. The van der Waals surface area contributed by atoms with Crippen LogP contribution in [-0.4, -0.2) is 16.1 Å². The smallest absolute Gasteiger partial charge is 0.246 e. The van der Waals surface area contributed by atoms with Gasteiger partial charge in [0.1, 0.15) is 5.82 Å². The molecule has 1 amide bonds. The summed E-state index contributed by atoms with van der Waals surface area (Å²) < 4.78 is 18.1. The summed E-state index contributed by atoms with van der Waals surface area (Å²) in [6.07, 6.45) is 0. The van der Waals surface area contributed by atoms with Gasteiger partial charge in [0.25, 0.3) is 0 Å². The van der Waals surface area contributed by atoms with Gasteiger partial charge in [0, 0.05) is 12.5 Å². The molecule has 0 aliphatic heterocycles. The zero-order valence-corrected chi connectivity index (χ0v) is 10.5. The van der Waals surface area contributed by atoms with Crippen LogP contribution in [0.4, 0.5) is 10.3 Å². The summed E-state index contributed by atoms with van der Waals surface area (Å²) in [6.45, 7) is 1.21. The SMILES string of the molecule is CC(=O)Nc1oc(-c2ccc(F)cc2Cl)c(O)c1O. The molecule has 0 spiro atoms. The molecule has 0 bridgehead atoms. The first-order valence-electron chi connectivity index (χ1n) is 5.18. The number of hydrogen-bond donors (Lipinski definition) is 3. The van der Waals surface area contributed by atoms with Crippen LogP contribution in [0, 0.1) is 5.82 Å². The minimum atomic E-state index is -0.620. The van der Waals surface area contributed by atoms with E-state index in [-0.39, 0.29) is 22.2 Å². The molecule has 0 radical (unpaired) electrons. The molecule has 0 unspecified atom stereocenters. The summed E-state index contributed by atoms with van der Waals surface area (Å²) in [5, 5.41) is 21.5. The van der Waals surface area contributed by atoms with E-state index in [0.717, 1.165) is 12.1 Å². The van der Waals surface area contributed by atoms with Crippen molar-refractivity contribution in [3.8, 4) is 22.8 Å². The second kappa shape index (κ2) is 4.81. The molecule has 2 aromatic rings. The Morgan fingerprint density at radius 3 is 2.63 bits per heavy atom. The highest BCUT2D eigenvalue weighted by molar-refractivity contribution is 6.33. The lowest BCUT2D eigenvalue weighted by molar-refractivity contribution is -0.114. The maximum absolute atomic E-state index is 12.9. The van der Waals surface area contributed by atoms with Crippen molar-refractivity contribution in [3.05, 3.63) is 29.0 Å². The molecule has 0 fully saturated rings. The van der Waals surface area contributed by atoms with Crippen LogP contribution in [0.3, 0.4) is 0 Å². The van der Waals surface area contributed by atoms with Crippen LogP contribution in [0.2, 0.25) is 5.02 Å². The van der Waals surface area contributed by atoms with Gasteiger partial charge < -0.3 is 14.6 Å². The van der Waals surface area contributed by atoms with Crippen molar-refractivity contribution in [2.75, 3.05) is 5.32 Å². The first-order valence-corrected chi connectivity index (χ1v) is 5.55. The highest BCUT2D eigenvalue weighted by atomic mass is 35.5. The van der Waals surface area contributed by atoms with E-state index in [9.17, 15) is 19.4 Å². The van der Waals surface area contributed by atoms with E-state index >= 15 is 0 Å². The van der Waals surface area contributed by atoms with E-state index in [2.05, 4.69) is 5.32 Å². The molecule has 3 N–H and O–H groups in total. The number of amides is 1. The summed E-state index contributed by atoms with van der Waals surface area (Å²) in [4.78, 5) is 10.9. The minimum absolute atomic E-state index is 0.00146. The lowest BCUT2D eigenvalue weighted by atomic mass is 10.1. The predicted octanol–water partition coefficient (Wildman–Crippen LogP) is 3.11. The largest absolute Gasteiger partial charge is 0.502 e. The molecule has 0 saturated carbocycles. The highest BCUT2D eigenvalue weighted by Crippen LogP contribution is 2.46. The second-order valence-electron chi connectivity index (χ2n) is 3.76. The van der Waals surface area contributed by atoms with Crippen LogP contribution in [-0.2, 0) is 4.79 Å². The van der Waals surface area contributed by atoms with Gasteiger partial charge in [-0.2, -0.15) is 0 Å². The lowest BCUT2D eigenvalue weighted by Gasteiger charge is -2.01. The molecule has 1 aromatic carbocycles. The van der Waals surface area contributed by atoms with E-state index in [1.54, 1.807) is 0 Å². The Balaban J connectivity index is 2.53. The van der Waals surface area contributed by atoms with Crippen LogP contribution in [0.25, 0.3) is 11.3 Å². The van der Waals surface area contributed by atoms with E-state index in [1.807, 2.05) is 0 Å². The molecule has 0 aliphatic rings. The summed E-state index contributed by atoms with van der Waals surface area (Å²) in [5.41, 5.74) is 0.187. The maximum atomic E-state index is 12.9. The van der Waals surface area contributed by atoms with Crippen LogP contribution < -0.4 is 5.32 Å². The van der Waals surface area contributed by atoms with Crippen LogP contribution in [0.1, 0.15) is 6.92 Å². The van der Waals surface area contributed by atoms with E-state index in [1.165, 1.54) is 13.0 Å². The molecule has 0 saturated heterocycles. The molecular formula is C12H9ClFNO4. The van der Waals surface area contributed by atoms with Crippen molar-refractivity contribution in [1.82, 2.24) is 0 Å². The third-order valence-electron chi connectivity index (χ3n) is 2.32. The number of aromatic hydroxyl groups is 2. The van der Waals surface area contributed by atoms with Crippen molar-refractivity contribution in [1.29, 1.82) is 0 Å². The maximum Gasteiger partial charge on any atom is 0.246 e. The first-order chi connectivity index (χ1) is 8.90. The van der Waals surface area contributed by atoms with E-state index in [0.29, 0.717) is 0 Å². The Hall–Kier alpha value is -2.21. The number of anilines is 1. The number of carbonyl (C=O) groups is 1. The molecular weight excluding hydrogens is 277 g/mol. The number of benzene rings is 1. The molecule has 7 heteroatoms. The Morgan fingerprint density at radius 1 is 1.37 bits per heavy atom. The number of carbonyl (C=O) groups excluding carboxylic acids is 1. The zero-order chi connectivity index (χ0) is 14.2. The molecule has 2 rings (SSSR count). The number of nitrogens with one attached hydrogen (secondary N) is 1. The first kappa shape index (κ1) is 13.2. The fourth-order valence-electron chi connectivity index (χ4n) is 1.51. The van der Waals surface area contributed by atoms with Gasteiger partial charge in [-0.25, -0.2) is 4.39 Å². The van der Waals surface area contributed by atoms with E-state index < -0.39 is 23.2 Å². The minimum Gasteiger partial charge on any atom is -0.502 e. The lowest BCUT2D eigenvalue weighted by Crippen LogP contribution is -2.04. The van der Waals surface area contributed by atoms with Gasteiger partial charge >= 0.3 is 0 Å². The molecule has 0 aliphatic carbocycles. The van der Waals surface area contributed by atoms with Crippen molar-refractivity contribution in [2.45, 2.75) is 6.92 Å².